The second-order valence-electron chi connectivity index (χ2n) is 14.7. The zero-order valence-electron chi connectivity index (χ0n) is 31.1. The van der Waals surface area contributed by atoms with Gasteiger partial charge in [0, 0.05) is 12.8 Å². The number of carbonyl (C=O) groups is 2. The maximum absolute atomic E-state index is 12.0. The van der Waals surface area contributed by atoms with Gasteiger partial charge in [0.15, 0.2) is 0 Å². The summed E-state index contributed by atoms with van der Waals surface area (Å²) >= 11 is 0. The molecule has 0 bridgehead atoms. The van der Waals surface area contributed by atoms with E-state index in [1.807, 2.05) is 0 Å². The molecule has 0 radical (unpaired) electrons. The van der Waals surface area contributed by atoms with Gasteiger partial charge in [0.2, 0.25) is 0 Å². The van der Waals surface area contributed by atoms with Crippen molar-refractivity contribution in [1.82, 2.24) is 0 Å². The molecule has 0 aliphatic carbocycles. The van der Waals surface area contributed by atoms with Crippen LogP contribution in [-0.2, 0) is 28.5 Å². The van der Waals surface area contributed by atoms with Gasteiger partial charge in [-0.2, -0.15) is 0 Å². The topological polar surface area (TPSA) is 77.7 Å². The summed E-state index contributed by atoms with van der Waals surface area (Å²) in [6.07, 6.45) is 38.4. The van der Waals surface area contributed by atoms with E-state index in [-0.39, 0.29) is 11.9 Å². The Hall–Kier alpha value is -1.14. The molecule has 2 rings (SSSR count). The molecule has 0 spiro atoms. The van der Waals surface area contributed by atoms with E-state index in [0.717, 1.165) is 44.9 Å². The molecule has 2 aliphatic heterocycles. The van der Waals surface area contributed by atoms with Crippen LogP contribution in [-0.4, -0.2) is 49.6 Å². The number of rotatable bonds is 36. The summed E-state index contributed by atoms with van der Waals surface area (Å²) in [5.41, 5.74) is 0. The molecular formula is C41H76O6. The summed E-state index contributed by atoms with van der Waals surface area (Å²) < 4.78 is 22.5. The lowest BCUT2D eigenvalue weighted by atomic mass is 10.0. The number of esters is 2. The first-order valence-corrected chi connectivity index (χ1v) is 20.8. The molecule has 2 fully saturated rings. The Kier molecular flexibility index (Phi) is 26.6. The van der Waals surface area contributed by atoms with Crippen molar-refractivity contribution < 1.29 is 28.5 Å². The van der Waals surface area contributed by atoms with Crippen LogP contribution in [0, 0.1) is 0 Å². The minimum Gasteiger partial charge on any atom is -0.466 e. The van der Waals surface area contributed by atoms with E-state index in [2.05, 4.69) is 13.8 Å². The SMILES string of the molecule is CCCCCCCCC1OC1CCCCCCCC(=O)OCCCCCOC(=O)CCCCCCCC1OC1CCCCCCCC. The van der Waals surface area contributed by atoms with Crippen LogP contribution in [0.3, 0.4) is 0 Å². The first kappa shape index (κ1) is 42.0. The second kappa shape index (κ2) is 29.7. The third kappa shape index (κ3) is 25.5. The van der Waals surface area contributed by atoms with E-state index >= 15 is 0 Å². The normalized spacial score (nSPS) is 20.0. The fourth-order valence-electron chi connectivity index (χ4n) is 6.81. The Balaban J connectivity index is 1.22. The maximum Gasteiger partial charge on any atom is 0.305 e. The van der Waals surface area contributed by atoms with Gasteiger partial charge in [-0.05, 0) is 57.8 Å². The summed E-state index contributed by atoms with van der Waals surface area (Å²) in [6.45, 7) is 5.48. The molecule has 2 heterocycles. The molecule has 47 heavy (non-hydrogen) atoms. The van der Waals surface area contributed by atoms with Crippen molar-refractivity contribution in [3.63, 3.8) is 0 Å². The van der Waals surface area contributed by atoms with Gasteiger partial charge in [-0.3, -0.25) is 9.59 Å². The number of hydrogen-bond donors (Lipinski definition) is 0. The van der Waals surface area contributed by atoms with Crippen molar-refractivity contribution in [3.05, 3.63) is 0 Å². The summed E-state index contributed by atoms with van der Waals surface area (Å²) in [6, 6.07) is 0. The lowest BCUT2D eigenvalue weighted by molar-refractivity contribution is -0.144. The Morgan fingerprint density at radius 1 is 0.383 bits per heavy atom. The molecule has 0 aromatic heterocycles. The van der Waals surface area contributed by atoms with Crippen LogP contribution in [0.2, 0.25) is 0 Å². The Morgan fingerprint density at radius 2 is 0.660 bits per heavy atom. The van der Waals surface area contributed by atoms with Crippen molar-refractivity contribution in [2.75, 3.05) is 13.2 Å². The first-order valence-electron chi connectivity index (χ1n) is 20.8. The summed E-state index contributed by atoms with van der Waals surface area (Å²) in [4.78, 5) is 24.0. The van der Waals surface area contributed by atoms with Crippen molar-refractivity contribution >= 4 is 11.9 Å². The fraction of sp³-hybridized carbons (Fsp3) is 0.951. The predicted molar refractivity (Wildman–Crippen MR) is 194 cm³/mol. The molecule has 0 aromatic carbocycles. The average Bonchev–Trinajstić information content (AvgIpc) is 4.00. The minimum atomic E-state index is -0.0751. The van der Waals surface area contributed by atoms with Gasteiger partial charge in [0.1, 0.15) is 0 Å². The molecular weight excluding hydrogens is 588 g/mol. The number of carbonyl (C=O) groups excluding carboxylic acids is 2. The zero-order valence-corrected chi connectivity index (χ0v) is 31.1. The Morgan fingerprint density at radius 3 is 1.00 bits per heavy atom. The van der Waals surface area contributed by atoms with Crippen LogP contribution in [0.15, 0.2) is 0 Å². The van der Waals surface area contributed by atoms with Crippen LogP contribution in [0.1, 0.15) is 213 Å². The van der Waals surface area contributed by atoms with Gasteiger partial charge in [0.05, 0.1) is 37.6 Å². The highest BCUT2D eigenvalue weighted by atomic mass is 16.6. The molecule has 0 N–H and O–H groups in total. The van der Waals surface area contributed by atoms with Crippen LogP contribution >= 0.6 is 0 Å². The van der Waals surface area contributed by atoms with Gasteiger partial charge in [0.25, 0.3) is 0 Å². The third-order valence-electron chi connectivity index (χ3n) is 10.1. The van der Waals surface area contributed by atoms with Crippen molar-refractivity contribution in [2.45, 2.75) is 237 Å². The molecule has 6 nitrogen and oxygen atoms in total. The van der Waals surface area contributed by atoms with Gasteiger partial charge >= 0.3 is 11.9 Å². The van der Waals surface area contributed by atoms with Gasteiger partial charge in [-0.25, -0.2) is 0 Å². The van der Waals surface area contributed by atoms with E-state index < -0.39 is 0 Å². The average molecular weight is 665 g/mol. The van der Waals surface area contributed by atoms with Gasteiger partial charge in [-0.15, -0.1) is 0 Å². The predicted octanol–water partition coefficient (Wildman–Crippen LogP) is 11.7. The van der Waals surface area contributed by atoms with E-state index in [9.17, 15) is 9.59 Å². The number of hydrogen-bond acceptors (Lipinski definition) is 6. The smallest absolute Gasteiger partial charge is 0.305 e. The molecule has 0 saturated carbocycles. The molecule has 4 atom stereocenters. The molecule has 0 aromatic rings. The molecule has 0 amide bonds. The molecule has 2 aliphatic rings. The van der Waals surface area contributed by atoms with E-state index in [4.69, 9.17) is 18.9 Å². The lowest BCUT2D eigenvalue weighted by Crippen LogP contribution is -2.07. The number of ether oxygens (including phenoxy) is 4. The van der Waals surface area contributed by atoms with Crippen molar-refractivity contribution in [2.24, 2.45) is 0 Å². The molecule has 276 valence electrons. The van der Waals surface area contributed by atoms with Crippen LogP contribution in [0.4, 0.5) is 0 Å². The highest BCUT2D eigenvalue weighted by Crippen LogP contribution is 2.33. The van der Waals surface area contributed by atoms with Crippen molar-refractivity contribution in [3.8, 4) is 0 Å². The number of unbranched alkanes of at least 4 members (excludes halogenated alkanes) is 20. The zero-order chi connectivity index (χ0) is 33.6. The lowest BCUT2D eigenvalue weighted by Gasteiger charge is -2.06. The number of epoxide rings is 2. The maximum atomic E-state index is 12.0. The molecule has 4 unspecified atom stereocenters. The van der Waals surface area contributed by atoms with Gasteiger partial charge in [-0.1, -0.05) is 142 Å². The summed E-state index contributed by atoms with van der Waals surface area (Å²) in [7, 11) is 0. The molecule has 6 heteroatoms. The highest BCUT2D eigenvalue weighted by Gasteiger charge is 2.37. The molecule has 2 saturated heterocycles. The first-order chi connectivity index (χ1) is 23.1. The third-order valence-corrected chi connectivity index (χ3v) is 10.1. The standard InChI is InChI=1S/C41H76O6/c1-3-5-7-9-13-20-28-36-38(46-36)30-22-15-11-17-24-32-40(42)44-34-26-19-27-35-45-41(43)33-25-18-12-16-23-31-39-37(47-39)29-21-14-10-8-6-4-2/h36-39H,3-35H2,1-2H3. The van der Waals surface area contributed by atoms with Crippen molar-refractivity contribution in [1.29, 1.82) is 0 Å². The summed E-state index contributed by atoms with van der Waals surface area (Å²) in [5, 5.41) is 0. The Bertz CT molecular complexity index is 681. The van der Waals surface area contributed by atoms with Crippen LogP contribution in [0.25, 0.3) is 0 Å². The van der Waals surface area contributed by atoms with Crippen LogP contribution in [0.5, 0.6) is 0 Å². The quantitative estimate of drug-likeness (QED) is 0.0377. The van der Waals surface area contributed by atoms with Gasteiger partial charge < -0.3 is 18.9 Å². The van der Waals surface area contributed by atoms with E-state index in [1.54, 1.807) is 0 Å². The van der Waals surface area contributed by atoms with E-state index in [0.29, 0.717) is 50.5 Å². The highest BCUT2D eigenvalue weighted by molar-refractivity contribution is 5.69. The fourth-order valence-corrected chi connectivity index (χ4v) is 6.81. The Labute approximate surface area is 290 Å². The summed E-state index contributed by atoms with van der Waals surface area (Å²) in [5.74, 6) is -0.150. The van der Waals surface area contributed by atoms with E-state index in [1.165, 1.54) is 141 Å². The van der Waals surface area contributed by atoms with Crippen LogP contribution < -0.4 is 0 Å². The monoisotopic (exact) mass is 665 g/mol. The minimum absolute atomic E-state index is 0.0751. The second-order valence-corrected chi connectivity index (χ2v) is 14.7. The largest absolute Gasteiger partial charge is 0.466 e.